The summed E-state index contributed by atoms with van der Waals surface area (Å²) < 4.78 is 7.18. The number of tetrazole rings is 1. The fraction of sp³-hybridized carbons (Fsp3) is 0.429. The van der Waals surface area contributed by atoms with Gasteiger partial charge in [-0.15, -0.1) is 5.10 Å². The van der Waals surface area contributed by atoms with Crippen LogP contribution in [-0.4, -0.2) is 43.2 Å². The Morgan fingerprint density at radius 2 is 1.92 bits per heavy atom. The van der Waals surface area contributed by atoms with Gasteiger partial charge in [-0.25, -0.2) is 4.68 Å². The van der Waals surface area contributed by atoms with Crippen molar-refractivity contribution in [3.8, 4) is 5.75 Å². The molecule has 0 bridgehead atoms. The summed E-state index contributed by atoms with van der Waals surface area (Å²) in [6, 6.07) is 16.6. The standard InChI is InChI=1S/C28H34N6O2/c1-4-26(27-30-31-32-34(27)17-20-10-12-24(36-3)13-11-20)33(23-7-5-6-8-23)18-22-16-21-15-19(2)9-14-25(21)29-28(22)35/h9-16,23,26H,4-8,17-18H2,1-3H3,(H,29,35)/t26-/m0/s1. The van der Waals surface area contributed by atoms with Gasteiger partial charge in [-0.2, -0.15) is 0 Å². The molecule has 0 amide bonds. The van der Waals surface area contributed by atoms with Crippen LogP contribution in [0.2, 0.25) is 0 Å². The first-order valence-electron chi connectivity index (χ1n) is 12.8. The second-order valence-corrected chi connectivity index (χ2v) is 9.79. The Labute approximate surface area is 211 Å². The summed E-state index contributed by atoms with van der Waals surface area (Å²) >= 11 is 0. The van der Waals surface area contributed by atoms with Crippen molar-refractivity contribution >= 4 is 10.9 Å². The SMILES string of the molecule is CC[C@@H](c1nnnn1Cc1ccc(OC)cc1)N(Cc1cc2cc(C)ccc2[nH]c1=O)C1CCCC1. The van der Waals surface area contributed by atoms with E-state index < -0.39 is 0 Å². The molecule has 8 nitrogen and oxygen atoms in total. The van der Waals surface area contributed by atoms with Crippen LogP contribution in [0.4, 0.5) is 0 Å². The molecule has 0 unspecified atom stereocenters. The molecule has 188 valence electrons. The molecule has 36 heavy (non-hydrogen) atoms. The second kappa shape index (κ2) is 10.6. The first-order valence-corrected chi connectivity index (χ1v) is 12.8. The number of rotatable bonds is 9. The molecule has 0 aliphatic heterocycles. The third kappa shape index (κ3) is 5.04. The van der Waals surface area contributed by atoms with Crippen LogP contribution in [0.25, 0.3) is 10.9 Å². The van der Waals surface area contributed by atoms with Crippen molar-refractivity contribution in [2.24, 2.45) is 0 Å². The van der Waals surface area contributed by atoms with E-state index in [0.29, 0.717) is 19.1 Å². The fourth-order valence-corrected chi connectivity index (χ4v) is 5.45. The lowest BCUT2D eigenvalue weighted by Crippen LogP contribution is -2.39. The highest BCUT2D eigenvalue weighted by molar-refractivity contribution is 5.79. The maximum absolute atomic E-state index is 13.1. The topological polar surface area (TPSA) is 88.9 Å². The van der Waals surface area contributed by atoms with E-state index >= 15 is 0 Å². The van der Waals surface area contributed by atoms with Gasteiger partial charge >= 0.3 is 0 Å². The molecule has 1 atom stereocenters. The number of ether oxygens (including phenoxy) is 1. The molecule has 4 aromatic rings. The Hall–Kier alpha value is -3.52. The van der Waals surface area contributed by atoms with Crippen LogP contribution in [0.15, 0.2) is 53.3 Å². The van der Waals surface area contributed by atoms with Crippen LogP contribution in [0.5, 0.6) is 5.75 Å². The van der Waals surface area contributed by atoms with Crippen LogP contribution >= 0.6 is 0 Å². The third-order valence-corrected chi connectivity index (χ3v) is 7.36. The number of fused-ring (bicyclic) bond motifs is 1. The molecule has 1 N–H and O–H groups in total. The predicted octanol–water partition coefficient (Wildman–Crippen LogP) is 4.78. The average Bonchev–Trinajstić information content (AvgIpc) is 3.58. The molecule has 8 heteroatoms. The van der Waals surface area contributed by atoms with Crippen molar-refractivity contribution < 1.29 is 4.74 Å². The smallest absolute Gasteiger partial charge is 0.252 e. The molecule has 1 aliphatic rings. The molecular weight excluding hydrogens is 452 g/mol. The number of nitrogens with zero attached hydrogens (tertiary/aromatic N) is 5. The highest BCUT2D eigenvalue weighted by atomic mass is 16.5. The van der Waals surface area contributed by atoms with Crippen LogP contribution in [0.3, 0.4) is 0 Å². The van der Waals surface area contributed by atoms with Crippen LogP contribution in [0.1, 0.15) is 67.6 Å². The maximum atomic E-state index is 13.1. The first kappa shape index (κ1) is 24.2. The Morgan fingerprint density at radius 1 is 1.14 bits per heavy atom. The van der Waals surface area contributed by atoms with Gasteiger partial charge in [-0.05, 0) is 77.9 Å². The van der Waals surface area contributed by atoms with Gasteiger partial charge in [-0.1, -0.05) is 43.5 Å². The summed E-state index contributed by atoms with van der Waals surface area (Å²) in [7, 11) is 1.67. The minimum Gasteiger partial charge on any atom is -0.497 e. The summed E-state index contributed by atoms with van der Waals surface area (Å²) in [5, 5.41) is 13.9. The molecular formula is C28H34N6O2. The van der Waals surface area contributed by atoms with E-state index in [1.54, 1.807) is 7.11 Å². The number of nitrogens with one attached hydrogen (secondary N) is 1. The molecule has 0 spiro atoms. The average molecular weight is 487 g/mol. The molecule has 1 fully saturated rings. The largest absolute Gasteiger partial charge is 0.497 e. The normalized spacial score (nSPS) is 15.1. The quantitative estimate of drug-likeness (QED) is 0.366. The van der Waals surface area contributed by atoms with Crippen molar-refractivity contribution in [3.05, 3.63) is 81.4 Å². The number of aromatic nitrogens is 5. The minimum atomic E-state index is -0.0259. The van der Waals surface area contributed by atoms with Gasteiger partial charge < -0.3 is 9.72 Å². The molecule has 2 heterocycles. The van der Waals surface area contributed by atoms with Gasteiger partial charge in [0.1, 0.15) is 5.75 Å². The Bertz CT molecular complexity index is 1370. The van der Waals surface area contributed by atoms with Crippen molar-refractivity contribution in [1.29, 1.82) is 0 Å². The summed E-state index contributed by atoms with van der Waals surface area (Å²) in [5.41, 5.74) is 3.91. The Balaban J connectivity index is 1.47. The monoisotopic (exact) mass is 486 g/mol. The van der Waals surface area contributed by atoms with E-state index in [2.05, 4.69) is 51.4 Å². The third-order valence-electron chi connectivity index (χ3n) is 7.36. The van der Waals surface area contributed by atoms with Gasteiger partial charge in [0.2, 0.25) is 0 Å². The van der Waals surface area contributed by atoms with E-state index in [9.17, 15) is 4.79 Å². The lowest BCUT2D eigenvalue weighted by atomic mass is 10.0. The fourth-order valence-electron chi connectivity index (χ4n) is 5.45. The zero-order valence-electron chi connectivity index (χ0n) is 21.3. The Kier molecular flexibility index (Phi) is 7.13. The lowest BCUT2D eigenvalue weighted by molar-refractivity contribution is 0.112. The van der Waals surface area contributed by atoms with Gasteiger partial charge in [0.15, 0.2) is 5.82 Å². The van der Waals surface area contributed by atoms with Gasteiger partial charge in [0.25, 0.3) is 5.56 Å². The molecule has 1 aliphatic carbocycles. The first-order chi connectivity index (χ1) is 17.6. The number of H-pyrrole nitrogens is 1. The highest BCUT2D eigenvalue weighted by Gasteiger charge is 2.32. The predicted molar refractivity (Wildman–Crippen MR) is 140 cm³/mol. The van der Waals surface area contributed by atoms with Crippen LogP contribution in [0, 0.1) is 6.92 Å². The number of pyridine rings is 1. The zero-order chi connectivity index (χ0) is 25.1. The number of aromatic amines is 1. The number of benzene rings is 2. The van der Waals surface area contributed by atoms with Crippen molar-refractivity contribution in [3.63, 3.8) is 0 Å². The van der Waals surface area contributed by atoms with Crippen molar-refractivity contribution in [2.45, 2.75) is 71.1 Å². The summed E-state index contributed by atoms with van der Waals surface area (Å²) in [5.74, 6) is 1.67. The summed E-state index contributed by atoms with van der Waals surface area (Å²) in [6.45, 7) is 5.40. The number of hydrogen-bond acceptors (Lipinski definition) is 6. The van der Waals surface area contributed by atoms with Crippen molar-refractivity contribution in [1.82, 2.24) is 30.1 Å². The van der Waals surface area contributed by atoms with E-state index in [4.69, 9.17) is 4.74 Å². The minimum absolute atomic E-state index is 0.00829. The van der Waals surface area contributed by atoms with Crippen molar-refractivity contribution in [2.75, 3.05) is 7.11 Å². The molecule has 2 aromatic carbocycles. The Morgan fingerprint density at radius 3 is 2.64 bits per heavy atom. The van der Waals surface area contributed by atoms with E-state index in [1.807, 2.05) is 41.1 Å². The zero-order valence-corrected chi connectivity index (χ0v) is 21.3. The number of aryl methyl sites for hydroxylation is 1. The summed E-state index contributed by atoms with van der Waals surface area (Å²) in [4.78, 5) is 18.6. The summed E-state index contributed by atoms with van der Waals surface area (Å²) in [6.07, 6.45) is 5.52. The second-order valence-electron chi connectivity index (χ2n) is 9.79. The van der Waals surface area contributed by atoms with Gasteiger partial charge in [0, 0.05) is 23.7 Å². The van der Waals surface area contributed by atoms with Gasteiger partial charge in [-0.3, -0.25) is 9.69 Å². The number of hydrogen-bond donors (Lipinski definition) is 1. The molecule has 0 radical (unpaired) electrons. The lowest BCUT2D eigenvalue weighted by Gasteiger charge is -2.35. The molecule has 5 rings (SSSR count). The molecule has 2 aromatic heterocycles. The molecule has 1 saturated carbocycles. The van der Waals surface area contributed by atoms with Crippen LogP contribution < -0.4 is 10.3 Å². The van der Waals surface area contributed by atoms with E-state index in [-0.39, 0.29) is 11.6 Å². The molecule has 0 saturated heterocycles. The number of methoxy groups -OCH3 is 1. The maximum Gasteiger partial charge on any atom is 0.252 e. The van der Waals surface area contributed by atoms with E-state index in [1.165, 1.54) is 18.4 Å². The van der Waals surface area contributed by atoms with Gasteiger partial charge in [0.05, 0.1) is 19.7 Å². The van der Waals surface area contributed by atoms with E-state index in [0.717, 1.165) is 52.9 Å². The highest BCUT2D eigenvalue weighted by Crippen LogP contribution is 2.33. The van der Waals surface area contributed by atoms with Crippen LogP contribution in [-0.2, 0) is 13.1 Å².